The second-order valence-electron chi connectivity index (χ2n) is 10.0. The van der Waals surface area contributed by atoms with Crippen LogP contribution in [-0.2, 0) is 0 Å². The van der Waals surface area contributed by atoms with Gasteiger partial charge in [-0.2, -0.15) is 0 Å². The molecule has 188 valence electrons. The monoisotopic (exact) mass is 544 g/mol. The molecule has 0 spiro atoms. The van der Waals surface area contributed by atoms with E-state index in [9.17, 15) is 0 Å². The SMILES string of the molecule is c1ccc(-c2c3ccccc3c(-c3ccccc3)c3c(-c4cccs4)c4ccccc4c(-c4cccs4)c23)cc1. The number of hydrogen-bond acceptors (Lipinski definition) is 2. The van der Waals surface area contributed by atoms with Gasteiger partial charge in [-0.15, -0.1) is 22.7 Å². The summed E-state index contributed by atoms with van der Waals surface area (Å²) in [7, 11) is 0. The van der Waals surface area contributed by atoms with E-state index in [1.165, 1.54) is 75.5 Å². The van der Waals surface area contributed by atoms with Crippen LogP contribution >= 0.6 is 22.7 Å². The maximum atomic E-state index is 2.31. The Balaban J connectivity index is 1.78. The number of thiophene rings is 2. The Morgan fingerprint density at radius 3 is 1.00 bits per heavy atom. The summed E-state index contributed by atoms with van der Waals surface area (Å²) in [5, 5.41) is 12.2. The average Bonchev–Trinajstić information content (AvgIpc) is 3.75. The first kappa shape index (κ1) is 23.4. The lowest BCUT2D eigenvalue weighted by atomic mass is 9.79. The highest BCUT2D eigenvalue weighted by molar-refractivity contribution is 7.14. The summed E-state index contributed by atoms with van der Waals surface area (Å²) >= 11 is 3.65. The molecule has 0 fully saturated rings. The fraction of sp³-hybridized carbons (Fsp3) is 0. The van der Waals surface area contributed by atoms with Gasteiger partial charge < -0.3 is 0 Å². The van der Waals surface area contributed by atoms with Crippen LogP contribution in [0.15, 0.2) is 144 Å². The van der Waals surface area contributed by atoms with Crippen molar-refractivity contribution in [2.45, 2.75) is 0 Å². The van der Waals surface area contributed by atoms with E-state index in [-0.39, 0.29) is 0 Å². The molecule has 8 aromatic rings. The van der Waals surface area contributed by atoms with Crippen molar-refractivity contribution in [3.63, 3.8) is 0 Å². The van der Waals surface area contributed by atoms with Crippen LogP contribution in [0.2, 0.25) is 0 Å². The van der Waals surface area contributed by atoms with Gasteiger partial charge in [0.05, 0.1) is 0 Å². The van der Waals surface area contributed by atoms with Gasteiger partial charge in [0.1, 0.15) is 0 Å². The lowest BCUT2D eigenvalue weighted by Crippen LogP contribution is -1.96. The maximum absolute atomic E-state index is 2.31. The third-order valence-electron chi connectivity index (χ3n) is 7.84. The second-order valence-corrected chi connectivity index (χ2v) is 11.9. The quantitative estimate of drug-likeness (QED) is 0.193. The Kier molecular flexibility index (Phi) is 5.62. The van der Waals surface area contributed by atoms with Gasteiger partial charge in [-0.1, -0.05) is 121 Å². The van der Waals surface area contributed by atoms with Gasteiger partial charge >= 0.3 is 0 Å². The first-order chi connectivity index (χ1) is 19.9. The number of rotatable bonds is 4. The minimum absolute atomic E-state index is 1.24. The van der Waals surface area contributed by atoms with E-state index >= 15 is 0 Å². The Bertz CT molecular complexity index is 1970. The van der Waals surface area contributed by atoms with Crippen LogP contribution in [0.25, 0.3) is 75.5 Å². The Morgan fingerprint density at radius 1 is 0.300 bits per heavy atom. The number of fused-ring (bicyclic) bond motifs is 3. The highest BCUT2D eigenvalue weighted by Gasteiger charge is 2.26. The summed E-state index contributed by atoms with van der Waals surface area (Å²) in [6.45, 7) is 0. The predicted octanol–water partition coefficient (Wildman–Crippen LogP) is 11.9. The minimum Gasteiger partial charge on any atom is -0.144 e. The van der Waals surface area contributed by atoms with Gasteiger partial charge in [-0.25, -0.2) is 0 Å². The summed E-state index contributed by atoms with van der Waals surface area (Å²) in [5.41, 5.74) is 7.74. The molecule has 0 N–H and O–H groups in total. The molecule has 6 aromatic carbocycles. The van der Waals surface area contributed by atoms with E-state index in [4.69, 9.17) is 0 Å². The van der Waals surface area contributed by atoms with Crippen LogP contribution in [0, 0.1) is 0 Å². The van der Waals surface area contributed by atoms with Crippen molar-refractivity contribution in [3.8, 4) is 43.1 Å². The lowest BCUT2D eigenvalue weighted by Gasteiger charge is -2.24. The molecule has 40 heavy (non-hydrogen) atoms. The van der Waals surface area contributed by atoms with Crippen LogP contribution in [0.1, 0.15) is 0 Å². The molecule has 2 heterocycles. The third kappa shape index (κ3) is 3.57. The average molecular weight is 545 g/mol. The van der Waals surface area contributed by atoms with Crippen LogP contribution in [0.3, 0.4) is 0 Å². The molecule has 2 heteroatoms. The Labute approximate surface area is 241 Å². The third-order valence-corrected chi connectivity index (χ3v) is 9.62. The van der Waals surface area contributed by atoms with Gasteiger partial charge in [0.15, 0.2) is 0 Å². The maximum Gasteiger partial charge on any atom is 0.0355 e. The zero-order chi connectivity index (χ0) is 26.5. The molecule has 0 saturated carbocycles. The normalized spacial score (nSPS) is 11.5. The topological polar surface area (TPSA) is 0 Å². The first-order valence-electron chi connectivity index (χ1n) is 13.5. The summed E-state index contributed by atoms with van der Waals surface area (Å²) in [5.74, 6) is 0. The molecule has 0 atom stereocenters. The van der Waals surface area contributed by atoms with Crippen LogP contribution in [0.4, 0.5) is 0 Å². The van der Waals surface area contributed by atoms with Crippen LogP contribution in [0.5, 0.6) is 0 Å². The molecule has 0 unspecified atom stereocenters. The van der Waals surface area contributed by atoms with E-state index in [2.05, 4.69) is 144 Å². The van der Waals surface area contributed by atoms with Crippen molar-refractivity contribution in [2.75, 3.05) is 0 Å². The fourth-order valence-electron chi connectivity index (χ4n) is 6.29. The van der Waals surface area contributed by atoms with Gasteiger partial charge in [0.25, 0.3) is 0 Å². The lowest BCUT2D eigenvalue weighted by molar-refractivity contribution is 1.65. The van der Waals surface area contributed by atoms with Gasteiger partial charge in [0, 0.05) is 31.7 Å². The van der Waals surface area contributed by atoms with Crippen molar-refractivity contribution >= 4 is 55.0 Å². The predicted molar refractivity (Wildman–Crippen MR) is 176 cm³/mol. The first-order valence-corrected chi connectivity index (χ1v) is 15.3. The van der Waals surface area contributed by atoms with Gasteiger partial charge in [-0.05, 0) is 66.7 Å². The summed E-state index contributed by atoms with van der Waals surface area (Å²) < 4.78 is 0. The minimum atomic E-state index is 1.24. The summed E-state index contributed by atoms with van der Waals surface area (Å²) in [4.78, 5) is 2.59. The zero-order valence-electron chi connectivity index (χ0n) is 21.7. The highest BCUT2D eigenvalue weighted by Crippen LogP contribution is 2.54. The van der Waals surface area contributed by atoms with Gasteiger partial charge in [-0.3, -0.25) is 0 Å². The number of hydrogen-bond donors (Lipinski definition) is 0. The largest absolute Gasteiger partial charge is 0.144 e. The smallest absolute Gasteiger partial charge is 0.0355 e. The molecule has 0 amide bonds. The Morgan fingerprint density at radius 2 is 0.650 bits per heavy atom. The van der Waals surface area contributed by atoms with Crippen molar-refractivity contribution in [2.24, 2.45) is 0 Å². The van der Waals surface area contributed by atoms with E-state index < -0.39 is 0 Å². The van der Waals surface area contributed by atoms with E-state index in [1.807, 2.05) is 22.7 Å². The molecular formula is C38H24S2. The van der Waals surface area contributed by atoms with Crippen molar-refractivity contribution in [1.29, 1.82) is 0 Å². The van der Waals surface area contributed by atoms with E-state index in [0.29, 0.717) is 0 Å². The van der Waals surface area contributed by atoms with E-state index in [0.717, 1.165) is 0 Å². The zero-order valence-corrected chi connectivity index (χ0v) is 23.3. The number of benzene rings is 6. The fourth-order valence-corrected chi connectivity index (χ4v) is 7.87. The molecule has 0 saturated heterocycles. The van der Waals surface area contributed by atoms with Crippen LogP contribution < -0.4 is 0 Å². The summed E-state index contributed by atoms with van der Waals surface area (Å²) in [6, 6.07) is 48.8. The molecule has 2 aromatic heterocycles. The molecule has 0 bridgehead atoms. The standard InChI is InChI=1S/C38H24S2/c1-3-13-25(14-4-1)33-27-17-7-8-18-28(27)34(26-15-5-2-6-16-26)38-36(32-22-12-24-40-32)30-20-10-9-19-29(30)35(37(33)38)31-21-11-23-39-31/h1-24H. The van der Waals surface area contributed by atoms with Crippen molar-refractivity contribution in [3.05, 3.63) is 144 Å². The molecule has 0 radical (unpaired) electrons. The highest BCUT2D eigenvalue weighted by atomic mass is 32.1. The molecule has 0 nitrogen and oxygen atoms in total. The molecule has 0 aliphatic rings. The Hall–Kier alpha value is -4.50. The molecular weight excluding hydrogens is 521 g/mol. The molecule has 8 rings (SSSR count). The van der Waals surface area contributed by atoms with E-state index in [1.54, 1.807) is 0 Å². The summed E-state index contributed by atoms with van der Waals surface area (Å²) in [6.07, 6.45) is 0. The molecule has 0 aliphatic carbocycles. The molecule has 0 aliphatic heterocycles. The van der Waals surface area contributed by atoms with Crippen LogP contribution in [-0.4, -0.2) is 0 Å². The van der Waals surface area contributed by atoms with Crippen molar-refractivity contribution in [1.82, 2.24) is 0 Å². The van der Waals surface area contributed by atoms with Crippen molar-refractivity contribution < 1.29 is 0 Å². The second kappa shape index (κ2) is 9.60. The van der Waals surface area contributed by atoms with Gasteiger partial charge in [0.2, 0.25) is 0 Å².